The van der Waals surface area contributed by atoms with Crippen molar-refractivity contribution in [3.05, 3.63) is 28.2 Å². The number of benzene rings is 1. The highest BCUT2D eigenvalue weighted by atomic mass is 35.5. The summed E-state index contributed by atoms with van der Waals surface area (Å²) in [5.74, 6) is -0.236. The molecule has 0 radical (unpaired) electrons. The van der Waals surface area contributed by atoms with Crippen LogP contribution in [0.25, 0.3) is 0 Å². The lowest BCUT2D eigenvalue weighted by Crippen LogP contribution is -2.32. The lowest BCUT2D eigenvalue weighted by molar-refractivity contribution is -0.117. The standard InChI is InChI=1S/C12H14Cl2N2O3/c13-8-2-1-7(3-9(8)14)15-12(19)6-16-4-10(17)11(18)5-16/h1-3,10-11,17-18H,4-6H2,(H,15,19). The van der Waals surface area contributed by atoms with Crippen LogP contribution in [0.2, 0.25) is 10.0 Å². The van der Waals surface area contributed by atoms with Gasteiger partial charge in [-0.3, -0.25) is 9.69 Å². The molecule has 1 aromatic carbocycles. The highest BCUT2D eigenvalue weighted by Crippen LogP contribution is 2.25. The van der Waals surface area contributed by atoms with Crippen molar-refractivity contribution in [2.24, 2.45) is 0 Å². The number of β-amino-alcohol motifs (C(OH)–C–C–N with tert-alkyl or cyclic N) is 2. The number of nitrogens with zero attached hydrogens (tertiary/aromatic N) is 1. The molecule has 2 unspecified atom stereocenters. The number of aliphatic hydroxyl groups excluding tert-OH is 2. The van der Waals surface area contributed by atoms with E-state index in [9.17, 15) is 15.0 Å². The largest absolute Gasteiger partial charge is 0.389 e. The Morgan fingerprint density at radius 2 is 1.89 bits per heavy atom. The molecule has 104 valence electrons. The van der Waals surface area contributed by atoms with E-state index in [4.69, 9.17) is 23.2 Å². The van der Waals surface area contributed by atoms with Crippen LogP contribution < -0.4 is 5.32 Å². The second-order valence-electron chi connectivity index (χ2n) is 4.51. The number of anilines is 1. The van der Waals surface area contributed by atoms with Crippen molar-refractivity contribution in [3.8, 4) is 0 Å². The Hall–Kier alpha value is -0.850. The molecule has 1 saturated heterocycles. The van der Waals surface area contributed by atoms with Crippen LogP contribution in [-0.4, -0.2) is 52.9 Å². The van der Waals surface area contributed by atoms with Gasteiger partial charge in [0.15, 0.2) is 0 Å². The van der Waals surface area contributed by atoms with Crippen molar-refractivity contribution in [1.29, 1.82) is 0 Å². The maximum atomic E-state index is 11.8. The van der Waals surface area contributed by atoms with Gasteiger partial charge < -0.3 is 15.5 Å². The molecule has 1 aromatic rings. The molecule has 0 aliphatic carbocycles. The van der Waals surface area contributed by atoms with Gasteiger partial charge in [-0.05, 0) is 18.2 Å². The zero-order chi connectivity index (χ0) is 14.0. The minimum atomic E-state index is -0.794. The summed E-state index contributed by atoms with van der Waals surface area (Å²) in [5, 5.41) is 22.2. The minimum Gasteiger partial charge on any atom is -0.389 e. The molecule has 1 fully saturated rings. The van der Waals surface area contributed by atoms with E-state index in [1.807, 2.05) is 0 Å². The van der Waals surface area contributed by atoms with Gasteiger partial charge in [-0.1, -0.05) is 23.2 Å². The van der Waals surface area contributed by atoms with Crippen LogP contribution in [0, 0.1) is 0 Å². The van der Waals surface area contributed by atoms with Gasteiger partial charge in [0.25, 0.3) is 0 Å². The van der Waals surface area contributed by atoms with Crippen LogP contribution in [0.4, 0.5) is 5.69 Å². The summed E-state index contributed by atoms with van der Waals surface area (Å²) in [6, 6.07) is 4.82. The van der Waals surface area contributed by atoms with E-state index in [0.717, 1.165) is 0 Å². The van der Waals surface area contributed by atoms with Crippen molar-refractivity contribution in [2.45, 2.75) is 12.2 Å². The first kappa shape index (κ1) is 14.6. The molecule has 0 bridgehead atoms. The van der Waals surface area contributed by atoms with Crippen LogP contribution >= 0.6 is 23.2 Å². The molecule has 1 amide bonds. The van der Waals surface area contributed by atoms with E-state index in [1.54, 1.807) is 23.1 Å². The van der Waals surface area contributed by atoms with Crippen LogP contribution in [0.3, 0.4) is 0 Å². The van der Waals surface area contributed by atoms with E-state index in [0.29, 0.717) is 15.7 Å². The number of hydrogen-bond donors (Lipinski definition) is 3. The summed E-state index contributed by atoms with van der Waals surface area (Å²) in [5.41, 5.74) is 0.555. The average molecular weight is 305 g/mol. The van der Waals surface area contributed by atoms with Crippen LogP contribution in [0.1, 0.15) is 0 Å². The Bertz CT molecular complexity index is 474. The van der Waals surface area contributed by atoms with Crippen molar-refractivity contribution >= 4 is 34.8 Å². The Balaban J connectivity index is 1.89. The summed E-state index contributed by atoms with van der Waals surface area (Å²) in [6.45, 7) is 0.681. The average Bonchev–Trinajstić information content (AvgIpc) is 2.63. The van der Waals surface area contributed by atoms with Crippen molar-refractivity contribution < 1.29 is 15.0 Å². The zero-order valence-corrected chi connectivity index (χ0v) is 11.5. The van der Waals surface area contributed by atoms with Gasteiger partial charge >= 0.3 is 0 Å². The lowest BCUT2D eigenvalue weighted by Gasteiger charge is -2.14. The van der Waals surface area contributed by atoms with E-state index in [1.165, 1.54) is 0 Å². The summed E-state index contributed by atoms with van der Waals surface area (Å²) >= 11 is 11.6. The third-order valence-corrected chi connectivity index (χ3v) is 3.64. The van der Waals surface area contributed by atoms with E-state index >= 15 is 0 Å². The van der Waals surface area contributed by atoms with Gasteiger partial charge in [-0.15, -0.1) is 0 Å². The van der Waals surface area contributed by atoms with Crippen molar-refractivity contribution in [1.82, 2.24) is 4.90 Å². The topological polar surface area (TPSA) is 72.8 Å². The lowest BCUT2D eigenvalue weighted by atomic mass is 10.3. The fourth-order valence-electron chi connectivity index (χ4n) is 1.95. The number of carbonyl (C=O) groups excluding carboxylic acids is 1. The predicted octanol–water partition coefficient (Wildman–Crippen LogP) is 0.969. The molecule has 5 nitrogen and oxygen atoms in total. The summed E-state index contributed by atoms with van der Waals surface area (Å²) in [4.78, 5) is 13.5. The first-order valence-electron chi connectivity index (χ1n) is 5.79. The summed E-state index contributed by atoms with van der Waals surface area (Å²) in [7, 11) is 0. The quantitative estimate of drug-likeness (QED) is 0.778. The summed E-state index contributed by atoms with van der Waals surface area (Å²) in [6.07, 6.45) is -1.59. The second-order valence-corrected chi connectivity index (χ2v) is 5.32. The zero-order valence-electron chi connectivity index (χ0n) is 10.0. The number of halogens is 2. The molecule has 1 heterocycles. The Kier molecular flexibility index (Phi) is 4.65. The Morgan fingerprint density at radius 3 is 2.47 bits per heavy atom. The maximum absolute atomic E-state index is 11.8. The van der Waals surface area contributed by atoms with Gasteiger partial charge in [0.05, 0.1) is 28.8 Å². The van der Waals surface area contributed by atoms with E-state index in [2.05, 4.69) is 5.32 Å². The molecule has 2 rings (SSSR count). The highest BCUT2D eigenvalue weighted by Gasteiger charge is 2.30. The van der Waals surface area contributed by atoms with E-state index < -0.39 is 12.2 Å². The smallest absolute Gasteiger partial charge is 0.238 e. The first-order valence-corrected chi connectivity index (χ1v) is 6.54. The number of carbonyl (C=O) groups is 1. The molecule has 3 N–H and O–H groups in total. The normalized spacial score (nSPS) is 23.6. The van der Waals surface area contributed by atoms with Crippen LogP contribution in [0.5, 0.6) is 0 Å². The van der Waals surface area contributed by atoms with Crippen LogP contribution in [0.15, 0.2) is 18.2 Å². The van der Waals surface area contributed by atoms with Gasteiger partial charge in [0.2, 0.25) is 5.91 Å². The fraction of sp³-hybridized carbons (Fsp3) is 0.417. The molecule has 19 heavy (non-hydrogen) atoms. The molecule has 0 saturated carbocycles. The van der Waals surface area contributed by atoms with Crippen LogP contribution in [-0.2, 0) is 4.79 Å². The molecular formula is C12H14Cl2N2O3. The predicted molar refractivity (Wildman–Crippen MR) is 73.5 cm³/mol. The molecule has 1 aliphatic rings. The fourth-order valence-corrected chi connectivity index (χ4v) is 2.25. The number of likely N-dealkylation sites (tertiary alicyclic amines) is 1. The number of rotatable bonds is 3. The first-order chi connectivity index (χ1) is 8.95. The monoisotopic (exact) mass is 304 g/mol. The minimum absolute atomic E-state index is 0.106. The number of hydrogen-bond acceptors (Lipinski definition) is 4. The Morgan fingerprint density at radius 1 is 1.26 bits per heavy atom. The molecule has 2 atom stereocenters. The number of amides is 1. The van der Waals surface area contributed by atoms with Gasteiger partial charge in [0.1, 0.15) is 0 Å². The second kappa shape index (κ2) is 6.07. The summed E-state index contributed by atoms with van der Waals surface area (Å²) < 4.78 is 0. The maximum Gasteiger partial charge on any atom is 0.238 e. The molecule has 0 spiro atoms. The number of nitrogens with one attached hydrogen (secondary N) is 1. The van der Waals surface area contributed by atoms with E-state index in [-0.39, 0.29) is 25.5 Å². The van der Waals surface area contributed by atoms with Gasteiger partial charge in [-0.2, -0.15) is 0 Å². The number of aliphatic hydroxyl groups is 2. The van der Waals surface area contributed by atoms with Crippen molar-refractivity contribution in [2.75, 3.05) is 25.0 Å². The van der Waals surface area contributed by atoms with Gasteiger partial charge in [-0.25, -0.2) is 0 Å². The molecule has 7 heteroatoms. The molecule has 0 aromatic heterocycles. The van der Waals surface area contributed by atoms with Crippen molar-refractivity contribution in [3.63, 3.8) is 0 Å². The SMILES string of the molecule is O=C(CN1CC(O)C(O)C1)Nc1ccc(Cl)c(Cl)c1. The Labute approximate surface area is 120 Å². The third-order valence-electron chi connectivity index (χ3n) is 2.91. The third kappa shape index (κ3) is 3.81. The van der Waals surface area contributed by atoms with Gasteiger partial charge in [0, 0.05) is 18.8 Å². The molecule has 1 aliphatic heterocycles. The highest BCUT2D eigenvalue weighted by molar-refractivity contribution is 6.42. The molecular weight excluding hydrogens is 291 g/mol.